The molecule has 116 valence electrons. The molecule has 1 aliphatic heterocycles. The average Bonchev–Trinajstić information content (AvgIpc) is 2.38. The number of carbonyl (C=O) groups is 2. The molecule has 0 radical (unpaired) electrons. The van der Waals surface area contributed by atoms with Crippen LogP contribution in [0.4, 0.5) is 13.6 Å². The van der Waals surface area contributed by atoms with Gasteiger partial charge >= 0.3 is 12.0 Å². The van der Waals surface area contributed by atoms with Crippen molar-refractivity contribution in [3.05, 3.63) is 0 Å². The van der Waals surface area contributed by atoms with E-state index in [1.165, 1.54) is 4.90 Å². The van der Waals surface area contributed by atoms with Crippen LogP contribution in [0.25, 0.3) is 0 Å². The highest BCUT2D eigenvalue weighted by molar-refractivity contribution is 5.82. The number of morpholine rings is 1. The van der Waals surface area contributed by atoms with E-state index in [2.05, 4.69) is 5.32 Å². The number of rotatable bonds is 6. The van der Waals surface area contributed by atoms with Crippen molar-refractivity contribution in [2.45, 2.75) is 38.2 Å². The number of carboxylic acids is 1. The lowest BCUT2D eigenvalue weighted by Gasteiger charge is -2.29. The van der Waals surface area contributed by atoms with E-state index in [0.29, 0.717) is 26.3 Å². The van der Waals surface area contributed by atoms with Gasteiger partial charge in [-0.15, -0.1) is 0 Å². The highest BCUT2D eigenvalue weighted by Crippen LogP contribution is 2.26. The first-order valence-corrected chi connectivity index (χ1v) is 6.59. The third-order valence-electron chi connectivity index (χ3n) is 3.01. The Morgan fingerprint density at radius 3 is 2.50 bits per heavy atom. The second-order valence-electron chi connectivity index (χ2n) is 4.75. The van der Waals surface area contributed by atoms with Crippen molar-refractivity contribution in [3.63, 3.8) is 0 Å². The van der Waals surface area contributed by atoms with Gasteiger partial charge in [0.15, 0.2) is 0 Å². The number of carboxylic acid groups (broad SMARTS) is 1. The van der Waals surface area contributed by atoms with E-state index in [0.717, 1.165) is 0 Å². The molecular weight excluding hydrogens is 274 g/mol. The zero-order valence-electron chi connectivity index (χ0n) is 11.4. The van der Waals surface area contributed by atoms with Gasteiger partial charge in [0.1, 0.15) is 6.04 Å². The van der Waals surface area contributed by atoms with Crippen LogP contribution in [-0.4, -0.2) is 60.3 Å². The molecule has 6 nitrogen and oxygen atoms in total. The summed E-state index contributed by atoms with van der Waals surface area (Å²) in [6.07, 6.45) is -1.05. The number of urea groups is 1. The standard InChI is InChI=1S/C12H20F2N2O4/c1-2-3-12(13,14)8-9(10(17)18)15-11(19)16-4-6-20-7-5-16/h9H,2-8H2,1H3,(H,15,19)(H,17,18). The van der Waals surface area contributed by atoms with Gasteiger partial charge in [-0.25, -0.2) is 18.4 Å². The average molecular weight is 294 g/mol. The third-order valence-corrected chi connectivity index (χ3v) is 3.01. The predicted molar refractivity (Wildman–Crippen MR) is 66.8 cm³/mol. The van der Waals surface area contributed by atoms with E-state index >= 15 is 0 Å². The van der Waals surface area contributed by atoms with Gasteiger partial charge in [-0.05, 0) is 0 Å². The van der Waals surface area contributed by atoms with Crippen LogP contribution in [0.1, 0.15) is 26.2 Å². The quantitative estimate of drug-likeness (QED) is 0.774. The molecule has 1 atom stereocenters. The molecule has 0 spiro atoms. The van der Waals surface area contributed by atoms with Crippen LogP contribution in [0.2, 0.25) is 0 Å². The van der Waals surface area contributed by atoms with Crippen LogP contribution in [0.3, 0.4) is 0 Å². The SMILES string of the molecule is CCCC(F)(F)CC(NC(=O)N1CCOCC1)C(=O)O. The zero-order chi connectivity index (χ0) is 15.2. The molecule has 0 aromatic heterocycles. The van der Waals surface area contributed by atoms with E-state index in [1.54, 1.807) is 6.92 Å². The summed E-state index contributed by atoms with van der Waals surface area (Å²) in [6.45, 7) is 2.96. The molecule has 1 heterocycles. The normalized spacial score (nSPS) is 17.6. The van der Waals surface area contributed by atoms with Crippen LogP contribution in [-0.2, 0) is 9.53 Å². The van der Waals surface area contributed by atoms with Crippen LogP contribution >= 0.6 is 0 Å². The lowest BCUT2D eigenvalue weighted by atomic mass is 10.0. The maximum absolute atomic E-state index is 13.5. The molecule has 1 rings (SSSR count). The Labute approximate surface area is 116 Å². The molecule has 1 aliphatic rings. The number of amides is 2. The smallest absolute Gasteiger partial charge is 0.326 e. The Hall–Kier alpha value is -1.44. The van der Waals surface area contributed by atoms with E-state index in [9.17, 15) is 18.4 Å². The molecule has 1 unspecified atom stereocenters. The molecule has 0 saturated carbocycles. The number of alkyl halides is 2. The Morgan fingerprint density at radius 1 is 1.40 bits per heavy atom. The Morgan fingerprint density at radius 2 is 2.00 bits per heavy atom. The third kappa shape index (κ3) is 5.28. The summed E-state index contributed by atoms with van der Waals surface area (Å²) in [5, 5.41) is 11.1. The van der Waals surface area contributed by atoms with Crippen molar-refractivity contribution in [2.75, 3.05) is 26.3 Å². The van der Waals surface area contributed by atoms with Crippen molar-refractivity contribution in [3.8, 4) is 0 Å². The van der Waals surface area contributed by atoms with Gasteiger partial charge in [0.05, 0.1) is 13.2 Å². The first-order valence-electron chi connectivity index (χ1n) is 6.59. The molecule has 8 heteroatoms. The van der Waals surface area contributed by atoms with Crippen LogP contribution in [0, 0.1) is 0 Å². The van der Waals surface area contributed by atoms with Gasteiger partial charge in [0, 0.05) is 25.9 Å². The van der Waals surface area contributed by atoms with Gasteiger partial charge in [-0.1, -0.05) is 13.3 Å². The lowest BCUT2D eigenvalue weighted by Crippen LogP contribution is -2.52. The van der Waals surface area contributed by atoms with Gasteiger partial charge in [0.2, 0.25) is 0 Å². The van der Waals surface area contributed by atoms with Crippen molar-refractivity contribution in [2.24, 2.45) is 0 Å². The second-order valence-corrected chi connectivity index (χ2v) is 4.75. The molecule has 0 aromatic rings. The molecule has 0 bridgehead atoms. The predicted octanol–water partition coefficient (Wildman–Crippen LogP) is 1.31. The topological polar surface area (TPSA) is 78.9 Å². The summed E-state index contributed by atoms with van der Waals surface area (Å²) in [6, 6.07) is -2.24. The van der Waals surface area contributed by atoms with Gasteiger partial charge in [-0.2, -0.15) is 0 Å². The minimum Gasteiger partial charge on any atom is -0.480 e. The molecule has 0 aromatic carbocycles. The number of hydrogen-bond donors (Lipinski definition) is 2. The Balaban J connectivity index is 2.58. The second kappa shape index (κ2) is 7.37. The first kappa shape index (κ1) is 16.6. The van der Waals surface area contributed by atoms with Crippen molar-refractivity contribution >= 4 is 12.0 Å². The molecule has 1 saturated heterocycles. The summed E-state index contributed by atoms with van der Waals surface area (Å²) in [7, 11) is 0. The van der Waals surface area contributed by atoms with E-state index < -0.39 is 36.8 Å². The van der Waals surface area contributed by atoms with E-state index in [-0.39, 0.29) is 6.42 Å². The number of halogens is 2. The van der Waals surface area contributed by atoms with Gasteiger partial charge in [-0.3, -0.25) is 0 Å². The molecule has 1 fully saturated rings. The number of nitrogens with zero attached hydrogens (tertiary/aromatic N) is 1. The van der Waals surface area contributed by atoms with Crippen LogP contribution < -0.4 is 5.32 Å². The van der Waals surface area contributed by atoms with Crippen LogP contribution in [0.15, 0.2) is 0 Å². The minimum absolute atomic E-state index is 0.247. The molecule has 2 amide bonds. The summed E-state index contributed by atoms with van der Waals surface area (Å²) in [5.74, 6) is -4.56. The summed E-state index contributed by atoms with van der Waals surface area (Å²) < 4.78 is 32.0. The number of carbonyl (C=O) groups excluding carboxylic acids is 1. The maximum atomic E-state index is 13.5. The molecule has 20 heavy (non-hydrogen) atoms. The zero-order valence-corrected chi connectivity index (χ0v) is 11.4. The number of hydrogen-bond acceptors (Lipinski definition) is 3. The number of aliphatic carboxylic acids is 1. The molecule has 0 aliphatic carbocycles. The highest BCUT2D eigenvalue weighted by Gasteiger charge is 2.36. The van der Waals surface area contributed by atoms with Crippen LogP contribution in [0.5, 0.6) is 0 Å². The van der Waals surface area contributed by atoms with E-state index in [4.69, 9.17) is 9.84 Å². The molecule has 2 N–H and O–H groups in total. The fourth-order valence-corrected chi connectivity index (χ4v) is 1.97. The summed E-state index contributed by atoms with van der Waals surface area (Å²) in [4.78, 5) is 24.2. The fourth-order valence-electron chi connectivity index (χ4n) is 1.97. The Kier molecular flexibility index (Phi) is 6.12. The lowest BCUT2D eigenvalue weighted by molar-refractivity contribution is -0.142. The highest BCUT2D eigenvalue weighted by atomic mass is 19.3. The number of ether oxygens (including phenoxy) is 1. The minimum atomic E-state index is -3.10. The van der Waals surface area contributed by atoms with Gasteiger partial charge in [0.25, 0.3) is 5.92 Å². The Bertz CT molecular complexity index is 346. The molecular formula is C12H20F2N2O4. The summed E-state index contributed by atoms with van der Waals surface area (Å²) in [5.41, 5.74) is 0. The van der Waals surface area contributed by atoms with Crippen molar-refractivity contribution < 1.29 is 28.2 Å². The summed E-state index contributed by atoms with van der Waals surface area (Å²) >= 11 is 0. The van der Waals surface area contributed by atoms with Crippen molar-refractivity contribution in [1.29, 1.82) is 0 Å². The van der Waals surface area contributed by atoms with E-state index in [1.807, 2.05) is 0 Å². The monoisotopic (exact) mass is 294 g/mol. The van der Waals surface area contributed by atoms with Gasteiger partial charge < -0.3 is 20.1 Å². The van der Waals surface area contributed by atoms with Crippen molar-refractivity contribution in [1.82, 2.24) is 10.2 Å². The maximum Gasteiger partial charge on any atom is 0.326 e. The first-order chi connectivity index (χ1) is 9.35. The number of nitrogens with one attached hydrogen (secondary N) is 1. The fraction of sp³-hybridized carbons (Fsp3) is 0.833. The largest absolute Gasteiger partial charge is 0.480 e.